The summed E-state index contributed by atoms with van der Waals surface area (Å²) in [6.07, 6.45) is 2.27. The molecule has 0 atom stereocenters. The highest BCUT2D eigenvalue weighted by molar-refractivity contribution is 5.81. The third kappa shape index (κ3) is 3.77. The molecule has 2 rings (SSSR count). The Labute approximate surface area is 103 Å². The van der Waals surface area contributed by atoms with Crippen molar-refractivity contribution in [3.63, 3.8) is 0 Å². The highest BCUT2D eigenvalue weighted by Crippen LogP contribution is 2.19. The summed E-state index contributed by atoms with van der Waals surface area (Å²) in [5.41, 5.74) is 2.31. The van der Waals surface area contributed by atoms with Crippen LogP contribution in [0.4, 0.5) is 5.69 Å². The van der Waals surface area contributed by atoms with Crippen molar-refractivity contribution in [1.82, 2.24) is 5.32 Å². The standard InChI is InChI=1S/C14H20N2O/c1-10(2)11-4-3-5-13(8-11)15-9-14(17)16-12-6-7-12/h3-5,8,10,12,15H,6-7,9H2,1-2H3,(H,16,17). The largest absolute Gasteiger partial charge is 0.376 e. The van der Waals surface area contributed by atoms with Gasteiger partial charge < -0.3 is 10.6 Å². The predicted octanol–water partition coefficient (Wildman–Crippen LogP) is 2.50. The maximum absolute atomic E-state index is 11.5. The molecule has 17 heavy (non-hydrogen) atoms. The van der Waals surface area contributed by atoms with Crippen molar-refractivity contribution in [2.75, 3.05) is 11.9 Å². The van der Waals surface area contributed by atoms with E-state index in [-0.39, 0.29) is 5.91 Å². The van der Waals surface area contributed by atoms with Crippen LogP contribution in [0.15, 0.2) is 24.3 Å². The van der Waals surface area contributed by atoms with Gasteiger partial charge in [0.2, 0.25) is 5.91 Å². The van der Waals surface area contributed by atoms with Crippen molar-refractivity contribution >= 4 is 11.6 Å². The van der Waals surface area contributed by atoms with E-state index >= 15 is 0 Å². The van der Waals surface area contributed by atoms with E-state index in [9.17, 15) is 4.79 Å². The maximum Gasteiger partial charge on any atom is 0.239 e. The Kier molecular flexibility index (Phi) is 3.67. The first-order valence-corrected chi connectivity index (χ1v) is 6.28. The number of rotatable bonds is 5. The van der Waals surface area contributed by atoms with Crippen molar-refractivity contribution in [2.45, 2.75) is 38.6 Å². The molecule has 0 aromatic heterocycles. The number of hydrogen-bond acceptors (Lipinski definition) is 2. The Balaban J connectivity index is 1.84. The van der Waals surface area contributed by atoms with Crippen LogP contribution < -0.4 is 10.6 Å². The fourth-order valence-corrected chi connectivity index (χ4v) is 1.70. The van der Waals surface area contributed by atoms with Crippen molar-refractivity contribution in [3.05, 3.63) is 29.8 Å². The molecule has 1 aromatic carbocycles. The van der Waals surface area contributed by atoms with Gasteiger partial charge in [0.25, 0.3) is 0 Å². The summed E-state index contributed by atoms with van der Waals surface area (Å²) in [5.74, 6) is 0.597. The molecule has 3 heteroatoms. The summed E-state index contributed by atoms with van der Waals surface area (Å²) in [4.78, 5) is 11.5. The number of anilines is 1. The van der Waals surface area contributed by atoms with E-state index < -0.39 is 0 Å². The zero-order valence-electron chi connectivity index (χ0n) is 10.5. The zero-order chi connectivity index (χ0) is 12.3. The average Bonchev–Trinajstić information content (AvgIpc) is 3.11. The van der Waals surface area contributed by atoms with Crippen molar-refractivity contribution in [1.29, 1.82) is 0 Å². The van der Waals surface area contributed by atoms with E-state index in [0.29, 0.717) is 18.5 Å². The summed E-state index contributed by atoms with van der Waals surface area (Å²) >= 11 is 0. The van der Waals surface area contributed by atoms with Crippen LogP contribution in [0.1, 0.15) is 38.2 Å². The van der Waals surface area contributed by atoms with Crippen LogP contribution in [0.25, 0.3) is 0 Å². The maximum atomic E-state index is 11.5. The van der Waals surface area contributed by atoms with Gasteiger partial charge in [-0.25, -0.2) is 0 Å². The SMILES string of the molecule is CC(C)c1cccc(NCC(=O)NC2CC2)c1. The Morgan fingerprint density at radius 1 is 1.41 bits per heavy atom. The number of nitrogens with one attached hydrogen (secondary N) is 2. The second kappa shape index (κ2) is 5.21. The van der Waals surface area contributed by atoms with Gasteiger partial charge in [-0.1, -0.05) is 26.0 Å². The highest BCUT2D eigenvalue weighted by Gasteiger charge is 2.22. The minimum atomic E-state index is 0.0856. The number of carbonyl (C=O) groups excluding carboxylic acids is 1. The Morgan fingerprint density at radius 2 is 2.18 bits per heavy atom. The summed E-state index contributed by atoms with van der Waals surface area (Å²) in [5, 5.41) is 6.12. The summed E-state index contributed by atoms with van der Waals surface area (Å²) < 4.78 is 0. The van der Waals surface area contributed by atoms with Crippen LogP contribution in [0.2, 0.25) is 0 Å². The summed E-state index contributed by atoms with van der Waals surface area (Å²) in [6, 6.07) is 8.67. The Bertz CT molecular complexity index is 397. The molecule has 1 aliphatic carbocycles. The smallest absolute Gasteiger partial charge is 0.239 e. The van der Waals surface area contributed by atoms with Crippen molar-refractivity contribution in [2.24, 2.45) is 0 Å². The van der Waals surface area contributed by atoms with E-state index in [0.717, 1.165) is 18.5 Å². The van der Waals surface area contributed by atoms with Gasteiger partial charge in [0.1, 0.15) is 0 Å². The van der Waals surface area contributed by atoms with Gasteiger partial charge in [0, 0.05) is 11.7 Å². The van der Waals surface area contributed by atoms with Gasteiger partial charge in [-0.15, -0.1) is 0 Å². The van der Waals surface area contributed by atoms with Crippen molar-refractivity contribution < 1.29 is 4.79 Å². The lowest BCUT2D eigenvalue weighted by Crippen LogP contribution is -2.31. The normalized spacial score (nSPS) is 14.8. The Morgan fingerprint density at radius 3 is 2.82 bits per heavy atom. The summed E-state index contributed by atoms with van der Waals surface area (Å²) in [7, 11) is 0. The summed E-state index contributed by atoms with van der Waals surface area (Å²) in [6.45, 7) is 4.69. The Hall–Kier alpha value is -1.51. The molecule has 1 fully saturated rings. The zero-order valence-corrected chi connectivity index (χ0v) is 10.5. The monoisotopic (exact) mass is 232 g/mol. The molecule has 3 nitrogen and oxygen atoms in total. The highest BCUT2D eigenvalue weighted by atomic mass is 16.2. The third-order valence-electron chi connectivity index (χ3n) is 2.95. The van der Waals surface area contributed by atoms with Gasteiger partial charge in [0.15, 0.2) is 0 Å². The van der Waals surface area contributed by atoms with Crippen LogP contribution in [-0.2, 0) is 4.79 Å². The van der Waals surface area contributed by atoms with Crippen LogP contribution in [-0.4, -0.2) is 18.5 Å². The van der Waals surface area contributed by atoms with E-state index in [1.807, 2.05) is 12.1 Å². The number of benzene rings is 1. The van der Waals surface area contributed by atoms with Gasteiger partial charge in [-0.2, -0.15) is 0 Å². The molecular formula is C14H20N2O. The molecule has 2 N–H and O–H groups in total. The first-order valence-electron chi connectivity index (χ1n) is 6.28. The predicted molar refractivity (Wildman–Crippen MR) is 70.2 cm³/mol. The second-order valence-corrected chi connectivity index (χ2v) is 4.98. The molecule has 1 aromatic rings. The topological polar surface area (TPSA) is 41.1 Å². The molecule has 0 aliphatic heterocycles. The van der Waals surface area contributed by atoms with E-state index in [4.69, 9.17) is 0 Å². The first kappa shape index (κ1) is 12.0. The molecule has 0 unspecified atom stereocenters. The molecule has 92 valence electrons. The molecule has 1 amide bonds. The molecular weight excluding hydrogens is 212 g/mol. The van der Waals surface area contributed by atoms with Gasteiger partial charge >= 0.3 is 0 Å². The third-order valence-corrected chi connectivity index (χ3v) is 2.95. The average molecular weight is 232 g/mol. The molecule has 0 bridgehead atoms. The quantitative estimate of drug-likeness (QED) is 0.819. The van der Waals surface area contributed by atoms with Crippen LogP contribution in [0.3, 0.4) is 0 Å². The van der Waals surface area contributed by atoms with Gasteiger partial charge in [0.05, 0.1) is 6.54 Å². The first-order chi connectivity index (χ1) is 8.15. The second-order valence-electron chi connectivity index (χ2n) is 4.98. The molecule has 0 spiro atoms. The lowest BCUT2D eigenvalue weighted by Gasteiger charge is -2.10. The fourth-order valence-electron chi connectivity index (χ4n) is 1.70. The minimum absolute atomic E-state index is 0.0856. The van der Waals surface area contributed by atoms with Crippen molar-refractivity contribution in [3.8, 4) is 0 Å². The van der Waals surface area contributed by atoms with Gasteiger partial charge in [-0.3, -0.25) is 4.79 Å². The van der Waals surface area contributed by atoms with E-state index in [1.54, 1.807) is 0 Å². The van der Waals surface area contributed by atoms with Crippen LogP contribution >= 0.6 is 0 Å². The molecule has 0 heterocycles. The molecule has 0 saturated heterocycles. The lowest BCUT2D eigenvalue weighted by molar-refractivity contribution is -0.119. The van der Waals surface area contributed by atoms with Crippen LogP contribution in [0, 0.1) is 0 Å². The lowest BCUT2D eigenvalue weighted by atomic mass is 10.0. The minimum Gasteiger partial charge on any atom is -0.376 e. The van der Waals surface area contributed by atoms with E-state index in [2.05, 4.69) is 36.6 Å². The molecule has 1 saturated carbocycles. The number of carbonyl (C=O) groups is 1. The number of hydrogen-bond donors (Lipinski definition) is 2. The molecule has 1 aliphatic rings. The molecule has 0 radical (unpaired) electrons. The van der Waals surface area contributed by atoms with Gasteiger partial charge in [-0.05, 0) is 36.5 Å². The van der Waals surface area contributed by atoms with Crippen LogP contribution in [0.5, 0.6) is 0 Å². The number of amides is 1. The fraction of sp³-hybridized carbons (Fsp3) is 0.500. The van der Waals surface area contributed by atoms with E-state index in [1.165, 1.54) is 5.56 Å².